The summed E-state index contributed by atoms with van der Waals surface area (Å²) in [5, 5.41) is 14.0. The molecule has 0 spiro atoms. The van der Waals surface area contributed by atoms with Crippen LogP contribution in [0, 0.1) is 0 Å². The molecule has 2 N–H and O–H groups in total. The zero-order chi connectivity index (χ0) is 19.2. The molecule has 0 fully saturated rings. The van der Waals surface area contributed by atoms with Crippen LogP contribution in [-0.2, 0) is 0 Å². The minimum atomic E-state index is 0.0616. The van der Waals surface area contributed by atoms with E-state index in [2.05, 4.69) is 5.32 Å². The zero-order valence-corrected chi connectivity index (χ0v) is 16.9. The number of hydrogen-bond acceptors (Lipinski definition) is 4. The highest BCUT2D eigenvalue weighted by molar-refractivity contribution is 7.81. The zero-order valence-electron chi connectivity index (χ0n) is 14.6. The van der Waals surface area contributed by atoms with Crippen LogP contribution in [0.25, 0.3) is 11.5 Å². The van der Waals surface area contributed by atoms with Crippen LogP contribution >= 0.6 is 35.2 Å². The molecule has 3 aromatic rings. The molecule has 0 aliphatic carbocycles. The van der Waals surface area contributed by atoms with Crippen molar-refractivity contribution >= 4 is 57.3 Å². The molecule has 2 aromatic heterocycles. The van der Waals surface area contributed by atoms with Gasteiger partial charge in [-0.05, 0) is 43.3 Å². The minimum absolute atomic E-state index is 0.0616. The number of halogens is 1. The van der Waals surface area contributed by atoms with Crippen LogP contribution in [0.2, 0.25) is 4.34 Å². The number of thiocarbonyl (C=S) groups is 1. The van der Waals surface area contributed by atoms with E-state index in [-0.39, 0.29) is 5.76 Å². The third-order valence-electron chi connectivity index (χ3n) is 3.64. The van der Waals surface area contributed by atoms with Crippen LogP contribution in [0.4, 0.5) is 5.69 Å². The third-order valence-corrected chi connectivity index (χ3v) is 5.18. The molecule has 0 bridgehead atoms. The fourth-order valence-electron chi connectivity index (χ4n) is 2.44. The number of thiophene rings is 1. The van der Waals surface area contributed by atoms with Crippen LogP contribution in [0.5, 0.6) is 5.75 Å². The highest BCUT2D eigenvalue weighted by Gasteiger charge is 2.24. The topological polar surface area (TPSA) is 45.4 Å². The average molecular weight is 418 g/mol. The minimum Gasteiger partial charge on any atom is -0.501 e. The van der Waals surface area contributed by atoms with Gasteiger partial charge in [-0.1, -0.05) is 29.9 Å². The lowest BCUT2D eigenvalue weighted by molar-refractivity contribution is -0.575. The van der Waals surface area contributed by atoms with Crippen LogP contribution in [0.1, 0.15) is 11.8 Å². The molecule has 27 heavy (non-hydrogen) atoms. The average Bonchev–Trinajstić information content (AvgIpc) is 3.11. The van der Waals surface area contributed by atoms with E-state index >= 15 is 0 Å². The lowest BCUT2D eigenvalue weighted by Gasteiger charge is -2.10. The number of aliphatic hydroxyl groups is 1. The predicted molar refractivity (Wildman–Crippen MR) is 116 cm³/mol. The molecule has 0 amide bonds. The van der Waals surface area contributed by atoms with Crippen molar-refractivity contribution in [2.24, 2.45) is 0 Å². The molecule has 0 unspecified atom stereocenters. The Morgan fingerprint density at radius 2 is 1.85 bits per heavy atom. The number of nitrogens with one attached hydrogen (secondary N) is 1. The maximum Gasteiger partial charge on any atom is 0.289 e. The molecule has 0 atom stereocenters. The van der Waals surface area contributed by atoms with E-state index < -0.39 is 0 Å². The van der Waals surface area contributed by atoms with Gasteiger partial charge >= 0.3 is 0 Å². The number of nitrogens with zero attached hydrogens (tertiary/aromatic N) is 1. The number of aromatic nitrogens is 1. The van der Waals surface area contributed by atoms with Gasteiger partial charge in [0.1, 0.15) is 5.75 Å². The molecule has 0 radical (unpaired) electrons. The maximum absolute atomic E-state index is 10.9. The Balaban J connectivity index is 1.94. The summed E-state index contributed by atoms with van der Waals surface area (Å²) < 4.78 is 7.82. The second kappa shape index (κ2) is 8.99. The third kappa shape index (κ3) is 4.86. The standard InChI is InChI=1S/C20H17ClN2O2S2/c1-2-25-15-8-6-14(7-9-15)22-20(26)18(23-12-4-3-5-13-23)19(24)16-10-11-17(21)27-16/h3-13H,2H2,1H3,(H-,22,24,26)/p+1. The molecule has 4 nitrogen and oxygen atoms in total. The molecule has 7 heteroatoms. The molecule has 0 saturated heterocycles. The second-order valence-electron chi connectivity index (χ2n) is 5.50. The van der Waals surface area contributed by atoms with Crippen molar-refractivity contribution in [3.8, 4) is 5.75 Å². The van der Waals surface area contributed by atoms with Crippen molar-refractivity contribution in [1.82, 2.24) is 0 Å². The first-order valence-electron chi connectivity index (χ1n) is 8.28. The van der Waals surface area contributed by atoms with Crippen LogP contribution in [0.15, 0.2) is 67.0 Å². The Morgan fingerprint density at radius 1 is 1.15 bits per heavy atom. The van der Waals surface area contributed by atoms with E-state index in [0.29, 0.717) is 26.5 Å². The summed E-state index contributed by atoms with van der Waals surface area (Å²) >= 11 is 12.9. The molecule has 0 aliphatic rings. The molecule has 1 aromatic carbocycles. The number of hydrogen-bond donors (Lipinski definition) is 2. The van der Waals surface area contributed by atoms with E-state index in [1.165, 1.54) is 11.3 Å². The summed E-state index contributed by atoms with van der Waals surface area (Å²) in [6, 6.07) is 16.6. The molecule has 0 aliphatic heterocycles. The predicted octanol–water partition coefficient (Wildman–Crippen LogP) is 5.41. The Kier molecular flexibility index (Phi) is 6.45. The summed E-state index contributed by atoms with van der Waals surface area (Å²) in [5.41, 5.74) is 1.27. The van der Waals surface area contributed by atoms with E-state index in [4.69, 9.17) is 28.6 Å². The van der Waals surface area contributed by atoms with Crippen molar-refractivity contribution in [2.45, 2.75) is 6.92 Å². The van der Waals surface area contributed by atoms with Crippen molar-refractivity contribution < 1.29 is 14.4 Å². The van der Waals surface area contributed by atoms with Crippen LogP contribution in [-0.4, -0.2) is 16.7 Å². The number of benzene rings is 1. The Bertz CT molecular complexity index is 954. The smallest absolute Gasteiger partial charge is 0.289 e. The van der Waals surface area contributed by atoms with Gasteiger partial charge in [0.15, 0.2) is 17.4 Å². The molecule has 138 valence electrons. The van der Waals surface area contributed by atoms with Gasteiger partial charge < -0.3 is 15.2 Å². The van der Waals surface area contributed by atoms with Gasteiger partial charge in [0.25, 0.3) is 5.70 Å². The number of rotatable bonds is 6. The van der Waals surface area contributed by atoms with Crippen molar-refractivity contribution in [2.75, 3.05) is 11.9 Å². The summed E-state index contributed by atoms with van der Waals surface area (Å²) in [6.07, 6.45) is 3.65. The van der Waals surface area contributed by atoms with Gasteiger partial charge in [0.05, 0.1) is 15.8 Å². The fourth-order valence-corrected chi connectivity index (χ4v) is 3.75. The summed E-state index contributed by atoms with van der Waals surface area (Å²) in [6.45, 7) is 2.55. The summed E-state index contributed by atoms with van der Waals surface area (Å²) in [7, 11) is 0. The Morgan fingerprint density at radius 3 is 2.44 bits per heavy atom. The molecular weight excluding hydrogens is 400 g/mol. The number of aliphatic hydroxyl groups excluding tert-OH is 1. The summed E-state index contributed by atoms with van der Waals surface area (Å²) in [4.78, 5) is 1.03. The van der Waals surface area contributed by atoms with Crippen molar-refractivity contribution in [3.63, 3.8) is 0 Å². The van der Waals surface area contributed by atoms with Gasteiger partial charge in [0.2, 0.25) is 5.76 Å². The first-order valence-corrected chi connectivity index (χ1v) is 9.88. The maximum atomic E-state index is 10.9. The van der Waals surface area contributed by atoms with Gasteiger partial charge in [0, 0.05) is 17.8 Å². The SMILES string of the molecule is CCOc1ccc(NC(=S)/C(=C(\O)c2ccc(Cl)s2)[n+]2ccccc2)cc1. The monoisotopic (exact) mass is 417 g/mol. The van der Waals surface area contributed by atoms with E-state index in [1.807, 2.05) is 61.8 Å². The first kappa shape index (κ1) is 19.4. The molecule has 3 rings (SSSR count). The molecule has 2 heterocycles. The Hall–Kier alpha value is -2.41. The Labute approximate surface area is 172 Å². The van der Waals surface area contributed by atoms with Gasteiger partial charge in [-0.25, -0.2) is 0 Å². The first-order chi connectivity index (χ1) is 13.1. The lowest BCUT2D eigenvalue weighted by Crippen LogP contribution is -2.38. The second-order valence-corrected chi connectivity index (χ2v) is 7.62. The highest BCUT2D eigenvalue weighted by atomic mass is 35.5. The number of pyridine rings is 1. The molecule has 0 saturated carbocycles. The number of anilines is 1. The quantitative estimate of drug-likeness (QED) is 0.243. The number of ether oxygens (including phenoxy) is 1. The summed E-state index contributed by atoms with van der Waals surface area (Å²) in [5.74, 6) is 0.852. The van der Waals surface area contributed by atoms with Gasteiger partial charge in [-0.2, -0.15) is 4.57 Å². The van der Waals surface area contributed by atoms with Gasteiger partial charge in [-0.15, -0.1) is 11.3 Å². The van der Waals surface area contributed by atoms with E-state index in [0.717, 1.165) is 11.4 Å². The lowest BCUT2D eigenvalue weighted by atomic mass is 10.2. The van der Waals surface area contributed by atoms with E-state index in [9.17, 15) is 5.11 Å². The van der Waals surface area contributed by atoms with Crippen molar-refractivity contribution in [1.29, 1.82) is 0 Å². The largest absolute Gasteiger partial charge is 0.501 e. The van der Waals surface area contributed by atoms with Gasteiger partial charge in [-0.3, -0.25) is 0 Å². The normalized spacial score (nSPS) is 11.6. The molecular formula is C20H18ClN2O2S2+. The van der Waals surface area contributed by atoms with E-state index in [1.54, 1.807) is 16.7 Å². The van der Waals surface area contributed by atoms with Crippen LogP contribution < -0.4 is 14.6 Å². The van der Waals surface area contributed by atoms with Crippen LogP contribution in [0.3, 0.4) is 0 Å². The highest BCUT2D eigenvalue weighted by Crippen LogP contribution is 2.29. The van der Waals surface area contributed by atoms with Crippen molar-refractivity contribution in [3.05, 3.63) is 76.2 Å². The fraction of sp³-hybridized carbons (Fsp3) is 0.100.